The van der Waals surface area contributed by atoms with Crippen LogP contribution in [0.15, 0.2) is 47.3 Å². The average molecular weight is 282 g/mol. The predicted molar refractivity (Wildman–Crippen MR) is 84.2 cm³/mol. The van der Waals surface area contributed by atoms with Crippen LogP contribution in [-0.2, 0) is 0 Å². The number of fused-ring (bicyclic) bond motifs is 1. The molecular weight excluding hydrogens is 268 g/mol. The van der Waals surface area contributed by atoms with E-state index in [0.29, 0.717) is 10.2 Å². The molecule has 4 heteroatoms. The van der Waals surface area contributed by atoms with Crippen molar-refractivity contribution in [3.63, 3.8) is 0 Å². The minimum Gasteiger partial charge on any atom is -0.331 e. The lowest BCUT2D eigenvalue weighted by Gasteiger charge is -2.11. The summed E-state index contributed by atoms with van der Waals surface area (Å²) in [6, 6.07) is 13.4. The number of aryl methyl sites for hydroxylation is 2. The number of para-hydroxylation sites is 1. The summed E-state index contributed by atoms with van der Waals surface area (Å²) in [5.41, 5.74) is 3.70. The zero-order valence-electron chi connectivity index (χ0n) is 11.3. The summed E-state index contributed by atoms with van der Waals surface area (Å²) >= 11 is 5.35. The molecule has 0 amide bonds. The first-order valence-corrected chi connectivity index (χ1v) is 6.80. The molecule has 0 aliphatic carbocycles. The van der Waals surface area contributed by atoms with Gasteiger partial charge in [-0.25, -0.2) is 0 Å². The second-order valence-electron chi connectivity index (χ2n) is 4.91. The third kappa shape index (κ3) is 1.98. The van der Waals surface area contributed by atoms with Crippen LogP contribution in [0.3, 0.4) is 0 Å². The molecule has 0 bridgehead atoms. The van der Waals surface area contributed by atoms with Crippen LogP contribution in [0.5, 0.6) is 0 Å². The molecule has 2 aromatic carbocycles. The second kappa shape index (κ2) is 4.72. The summed E-state index contributed by atoms with van der Waals surface area (Å²) in [5.74, 6) is 0. The van der Waals surface area contributed by atoms with E-state index in [4.69, 9.17) is 12.2 Å². The molecule has 0 fully saturated rings. The number of aromatic amines is 1. The van der Waals surface area contributed by atoms with Crippen LogP contribution in [0.2, 0.25) is 0 Å². The zero-order chi connectivity index (χ0) is 14.3. The predicted octanol–water partition coefficient (Wildman–Crippen LogP) is 3.67. The highest BCUT2D eigenvalue weighted by molar-refractivity contribution is 7.71. The molecule has 0 saturated heterocycles. The van der Waals surface area contributed by atoms with Gasteiger partial charge in [0.1, 0.15) is 0 Å². The van der Waals surface area contributed by atoms with Crippen LogP contribution in [0.1, 0.15) is 11.1 Å². The molecular formula is C16H14N2OS. The Hall–Kier alpha value is -2.20. The molecule has 3 rings (SSSR count). The largest absolute Gasteiger partial charge is 0.331 e. The van der Waals surface area contributed by atoms with Gasteiger partial charge in [0.2, 0.25) is 0 Å². The van der Waals surface area contributed by atoms with Crippen LogP contribution < -0.4 is 5.56 Å². The van der Waals surface area contributed by atoms with Crippen molar-refractivity contribution < 1.29 is 0 Å². The fourth-order valence-electron chi connectivity index (χ4n) is 2.44. The van der Waals surface area contributed by atoms with Gasteiger partial charge >= 0.3 is 0 Å². The van der Waals surface area contributed by atoms with E-state index in [1.807, 2.05) is 56.3 Å². The van der Waals surface area contributed by atoms with Gasteiger partial charge in [-0.1, -0.05) is 29.8 Å². The number of rotatable bonds is 1. The van der Waals surface area contributed by atoms with Gasteiger partial charge in [-0.15, -0.1) is 0 Å². The Bertz CT molecular complexity index is 922. The van der Waals surface area contributed by atoms with E-state index >= 15 is 0 Å². The second-order valence-corrected chi connectivity index (χ2v) is 5.29. The van der Waals surface area contributed by atoms with Gasteiger partial charge in [-0.3, -0.25) is 9.36 Å². The molecule has 0 atom stereocenters. The van der Waals surface area contributed by atoms with Gasteiger partial charge in [0, 0.05) is 0 Å². The summed E-state index contributed by atoms with van der Waals surface area (Å²) < 4.78 is 1.98. The maximum absolute atomic E-state index is 12.7. The summed E-state index contributed by atoms with van der Waals surface area (Å²) in [4.78, 5) is 15.8. The third-order valence-corrected chi connectivity index (χ3v) is 3.68. The Morgan fingerprint density at radius 3 is 2.60 bits per heavy atom. The fourth-order valence-corrected chi connectivity index (χ4v) is 2.73. The van der Waals surface area contributed by atoms with E-state index < -0.39 is 0 Å². The lowest BCUT2D eigenvalue weighted by atomic mass is 10.1. The maximum Gasteiger partial charge on any atom is 0.266 e. The Morgan fingerprint density at radius 2 is 1.85 bits per heavy atom. The van der Waals surface area contributed by atoms with Gasteiger partial charge < -0.3 is 4.98 Å². The summed E-state index contributed by atoms with van der Waals surface area (Å²) in [7, 11) is 0. The molecule has 0 aliphatic rings. The molecule has 0 saturated carbocycles. The highest BCUT2D eigenvalue weighted by Gasteiger charge is 2.09. The molecule has 0 radical (unpaired) electrons. The van der Waals surface area contributed by atoms with Crippen molar-refractivity contribution in [2.24, 2.45) is 0 Å². The van der Waals surface area contributed by atoms with Gasteiger partial charge in [-0.05, 0) is 49.8 Å². The molecule has 20 heavy (non-hydrogen) atoms. The molecule has 0 aliphatic heterocycles. The van der Waals surface area contributed by atoms with Crippen LogP contribution >= 0.6 is 12.2 Å². The highest BCUT2D eigenvalue weighted by atomic mass is 32.1. The van der Waals surface area contributed by atoms with Crippen molar-refractivity contribution in [1.29, 1.82) is 0 Å². The van der Waals surface area contributed by atoms with Crippen molar-refractivity contribution in [1.82, 2.24) is 9.55 Å². The lowest BCUT2D eigenvalue weighted by Crippen LogP contribution is -2.21. The Morgan fingerprint density at radius 1 is 1.10 bits per heavy atom. The van der Waals surface area contributed by atoms with E-state index in [1.165, 1.54) is 0 Å². The Labute approximate surface area is 121 Å². The average Bonchev–Trinajstić information content (AvgIpc) is 2.41. The highest BCUT2D eigenvalue weighted by Crippen LogP contribution is 2.16. The summed E-state index contributed by atoms with van der Waals surface area (Å²) in [6.45, 7) is 4.01. The molecule has 0 unspecified atom stereocenters. The fraction of sp³-hybridized carbons (Fsp3) is 0.125. The lowest BCUT2D eigenvalue weighted by molar-refractivity contribution is 0.929. The monoisotopic (exact) mass is 282 g/mol. The van der Waals surface area contributed by atoms with Crippen LogP contribution in [-0.4, -0.2) is 9.55 Å². The minimum atomic E-state index is -0.0868. The van der Waals surface area contributed by atoms with Gasteiger partial charge in [0.25, 0.3) is 5.56 Å². The van der Waals surface area contributed by atoms with Crippen molar-refractivity contribution in [3.05, 3.63) is 68.7 Å². The molecule has 0 spiro atoms. The first kappa shape index (κ1) is 12.8. The molecule has 3 nitrogen and oxygen atoms in total. The number of benzene rings is 2. The molecule has 1 aromatic heterocycles. The normalized spacial score (nSPS) is 10.9. The van der Waals surface area contributed by atoms with Crippen LogP contribution in [0.25, 0.3) is 16.6 Å². The van der Waals surface area contributed by atoms with Crippen LogP contribution in [0, 0.1) is 18.6 Å². The van der Waals surface area contributed by atoms with Crippen molar-refractivity contribution in [2.45, 2.75) is 13.8 Å². The first-order valence-electron chi connectivity index (χ1n) is 6.39. The van der Waals surface area contributed by atoms with Crippen LogP contribution in [0.4, 0.5) is 0 Å². The van der Waals surface area contributed by atoms with E-state index in [1.54, 1.807) is 4.57 Å². The first-order chi connectivity index (χ1) is 9.58. The maximum atomic E-state index is 12.7. The Balaban J connectivity index is 2.43. The number of nitrogens with one attached hydrogen (secondary N) is 1. The number of H-pyrrole nitrogens is 1. The van der Waals surface area contributed by atoms with Gasteiger partial charge in [-0.2, -0.15) is 0 Å². The smallest absolute Gasteiger partial charge is 0.266 e. The van der Waals surface area contributed by atoms with Crippen molar-refractivity contribution in [2.75, 3.05) is 0 Å². The van der Waals surface area contributed by atoms with Crippen molar-refractivity contribution >= 4 is 23.1 Å². The van der Waals surface area contributed by atoms with Gasteiger partial charge in [0.05, 0.1) is 16.6 Å². The van der Waals surface area contributed by atoms with E-state index in [2.05, 4.69) is 4.98 Å². The van der Waals surface area contributed by atoms with E-state index in [9.17, 15) is 4.79 Å². The Kier molecular flexibility index (Phi) is 3.03. The van der Waals surface area contributed by atoms with E-state index in [-0.39, 0.29) is 5.56 Å². The number of hydrogen-bond donors (Lipinski definition) is 1. The van der Waals surface area contributed by atoms with Gasteiger partial charge in [0.15, 0.2) is 4.77 Å². The number of nitrogens with zero attached hydrogens (tertiary/aromatic N) is 1. The molecule has 1 N–H and O–H groups in total. The molecule has 3 aromatic rings. The topological polar surface area (TPSA) is 37.8 Å². The number of aromatic nitrogens is 2. The van der Waals surface area contributed by atoms with E-state index in [0.717, 1.165) is 22.3 Å². The number of hydrogen-bond acceptors (Lipinski definition) is 2. The SMILES string of the molecule is Cc1ccc(-n2c(=S)[nH]c3ccccc3c2=O)c(C)c1. The van der Waals surface area contributed by atoms with Crippen molar-refractivity contribution in [3.8, 4) is 5.69 Å². The summed E-state index contributed by atoms with van der Waals surface area (Å²) in [6.07, 6.45) is 0. The molecule has 1 heterocycles. The third-order valence-electron chi connectivity index (χ3n) is 3.40. The summed E-state index contributed by atoms with van der Waals surface area (Å²) in [5, 5.41) is 0.640. The minimum absolute atomic E-state index is 0.0868. The quantitative estimate of drug-likeness (QED) is 0.692. The molecule has 100 valence electrons. The zero-order valence-corrected chi connectivity index (χ0v) is 12.1. The standard InChI is InChI=1S/C16H14N2OS/c1-10-7-8-14(11(2)9-10)18-15(19)12-5-3-4-6-13(12)17-16(18)20/h3-9H,1-2H3,(H,17,20).